The summed E-state index contributed by atoms with van der Waals surface area (Å²) in [5.41, 5.74) is 0.0774. The highest BCUT2D eigenvalue weighted by Gasteiger charge is 2.33. The molecule has 0 amide bonds. The first-order valence-electron chi connectivity index (χ1n) is 4.73. The van der Waals surface area contributed by atoms with Gasteiger partial charge in [0.1, 0.15) is 12.7 Å². The summed E-state index contributed by atoms with van der Waals surface area (Å²) in [5.74, 6) is 0.625. The van der Waals surface area contributed by atoms with E-state index in [4.69, 9.17) is 0 Å². The molecule has 0 spiro atoms. The number of anilines is 1. The van der Waals surface area contributed by atoms with Gasteiger partial charge in [-0.2, -0.15) is 0 Å². The number of hydrogen-bond acceptors (Lipinski definition) is 4. The lowest BCUT2D eigenvalue weighted by Gasteiger charge is -2.39. The molecule has 0 fully saturated rings. The summed E-state index contributed by atoms with van der Waals surface area (Å²) in [6.45, 7) is 10.8. The van der Waals surface area contributed by atoms with E-state index in [-0.39, 0.29) is 11.0 Å². The van der Waals surface area contributed by atoms with Crippen LogP contribution in [0.5, 0.6) is 0 Å². The van der Waals surface area contributed by atoms with E-state index in [0.717, 1.165) is 0 Å². The third kappa shape index (κ3) is 2.40. The summed E-state index contributed by atoms with van der Waals surface area (Å²) in [4.78, 5) is 11.9. The molecule has 1 heterocycles. The van der Waals surface area contributed by atoms with E-state index in [2.05, 4.69) is 54.9 Å². The lowest BCUT2D eigenvalue weighted by atomic mass is 9.76. The van der Waals surface area contributed by atoms with Crippen LogP contribution in [0.15, 0.2) is 12.7 Å². The van der Waals surface area contributed by atoms with Crippen LogP contribution in [0.4, 0.5) is 5.95 Å². The summed E-state index contributed by atoms with van der Waals surface area (Å²) >= 11 is 0. The summed E-state index contributed by atoms with van der Waals surface area (Å²) in [7, 11) is 0. The molecule has 78 valence electrons. The van der Waals surface area contributed by atoms with Crippen LogP contribution in [0, 0.1) is 5.41 Å². The fraction of sp³-hybridized carbons (Fsp3) is 0.700. The number of rotatable bonds is 2. The molecule has 0 atom stereocenters. The maximum Gasteiger partial charge on any atom is 0.226 e. The maximum absolute atomic E-state index is 4.04. The minimum absolute atomic E-state index is 0.0612. The topological polar surface area (TPSA) is 50.7 Å². The molecule has 0 aromatic carbocycles. The van der Waals surface area contributed by atoms with E-state index < -0.39 is 0 Å². The van der Waals surface area contributed by atoms with Gasteiger partial charge < -0.3 is 5.32 Å². The van der Waals surface area contributed by atoms with Crippen LogP contribution >= 0.6 is 0 Å². The van der Waals surface area contributed by atoms with Crippen LogP contribution in [-0.4, -0.2) is 20.5 Å². The Labute approximate surface area is 85.2 Å². The van der Waals surface area contributed by atoms with Gasteiger partial charge in [-0.1, -0.05) is 20.8 Å². The van der Waals surface area contributed by atoms with Gasteiger partial charge in [0.25, 0.3) is 0 Å². The highest BCUT2D eigenvalue weighted by Crippen LogP contribution is 2.31. The molecule has 14 heavy (non-hydrogen) atoms. The molecule has 0 aliphatic rings. The molecule has 1 N–H and O–H groups in total. The second-order valence-corrected chi connectivity index (χ2v) is 4.96. The second-order valence-electron chi connectivity index (χ2n) is 4.96. The van der Waals surface area contributed by atoms with Crippen molar-refractivity contribution in [2.24, 2.45) is 5.41 Å². The van der Waals surface area contributed by atoms with Crippen LogP contribution < -0.4 is 5.32 Å². The Morgan fingerprint density at radius 3 is 1.93 bits per heavy atom. The fourth-order valence-electron chi connectivity index (χ4n) is 0.771. The molecule has 4 nitrogen and oxygen atoms in total. The molecule has 1 rings (SSSR count). The Balaban J connectivity index is 2.79. The molecule has 4 heteroatoms. The van der Waals surface area contributed by atoms with Crippen LogP contribution in [0.25, 0.3) is 0 Å². The third-order valence-corrected chi connectivity index (χ3v) is 2.79. The Morgan fingerprint density at radius 1 is 1.00 bits per heavy atom. The van der Waals surface area contributed by atoms with Crippen molar-refractivity contribution in [3.8, 4) is 0 Å². The van der Waals surface area contributed by atoms with Gasteiger partial charge >= 0.3 is 0 Å². The molecule has 0 radical (unpaired) electrons. The molecule has 0 saturated carbocycles. The molecular formula is C10H18N4. The van der Waals surface area contributed by atoms with Crippen molar-refractivity contribution < 1.29 is 0 Å². The van der Waals surface area contributed by atoms with E-state index in [1.165, 1.54) is 12.7 Å². The fourth-order valence-corrected chi connectivity index (χ4v) is 0.771. The average Bonchev–Trinajstić information content (AvgIpc) is 2.03. The van der Waals surface area contributed by atoms with E-state index >= 15 is 0 Å². The molecule has 0 unspecified atom stereocenters. The van der Waals surface area contributed by atoms with Crippen LogP contribution in [-0.2, 0) is 0 Å². The number of aromatic nitrogens is 3. The minimum atomic E-state index is -0.0612. The highest BCUT2D eigenvalue weighted by molar-refractivity contribution is 5.27. The Hall–Kier alpha value is -1.19. The zero-order valence-corrected chi connectivity index (χ0v) is 9.50. The first kappa shape index (κ1) is 10.9. The molecule has 0 saturated heterocycles. The van der Waals surface area contributed by atoms with Crippen molar-refractivity contribution in [3.63, 3.8) is 0 Å². The SMILES string of the molecule is CC(C)(C)C(C)(C)Nc1ncncn1. The molecular weight excluding hydrogens is 176 g/mol. The zero-order valence-electron chi connectivity index (χ0n) is 9.50. The predicted octanol–water partition coefficient (Wildman–Crippen LogP) is 2.11. The number of nitrogens with one attached hydrogen (secondary N) is 1. The van der Waals surface area contributed by atoms with Gasteiger partial charge in [0.05, 0.1) is 0 Å². The van der Waals surface area contributed by atoms with Gasteiger partial charge in [-0.05, 0) is 19.3 Å². The minimum Gasteiger partial charge on any atom is -0.349 e. The zero-order chi connectivity index (χ0) is 10.8. The number of hydrogen-bond donors (Lipinski definition) is 1. The van der Waals surface area contributed by atoms with E-state index in [0.29, 0.717) is 5.95 Å². The van der Waals surface area contributed by atoms with Gasteiger partial charge in [-0.3, -0.25) is 0 Å². The van der Waals surface area contributed by atoms with Gasteiger partial charge in [0.2, 0.25) is 5.95 Å². The first-order chi connectivity index (χ1) is 6.33. The smallest absolute Gasteiger partial charge is 0.226 e. The molecule has 0 bridgehead atoms. The van der Waals surface area contributed by atoms with Crippen LogP contribution in [0.2, 0.25) is 0 Å². The highest BCUT2D eigenvalue weighted by atomic mass is 15.2. The van der Waals surface area contributed by atoms with Gasteiger partial charge in [-0.15, -0.1) is 0 Å². The largest absolute Gasteiger partial charge is 0.349 e. The van der Waals surface area contributed by atoms with Crippen molar-refractivity contribution in [1.29, 1.82) is 0 Å². The molecule has 0 aliphatic carbocycles. The van der Waals surface area contributed by atoms with E-state index in [9.17, 15) is 0 Å². The lowest BCUT2D eigenvalue weighted by molar-refractivity contribution is 0.253. The summed E-state index contributed by atoms with van der Waals surface area (Å²) < 4.78 is 0. The van der Waals surface area contributed by atoms with Crippen LogP contribution in [0.3, 0.4) is 0 Å². The maximum atomic E-state index is 4.04. The Bertz CT molecular complexity index is 287. The van der Waals surface area contributed by atoms with E-state index in [1.807, 2.05) is 0 Å². The molecule has 1 aromatic heterocycles. The summed E-state index contributed by atoms with van der Waals surface area (Å²) in [6.07, 6.45) is 2.99. The van der Waals surface area contributed by atoms with E-state index in [1.54, 1.807) is 0 Å². The lowest BCUT2D eigenvalue weighted by Crippen LogP contribution is -2.44. The van der Waals surface area contributed by atoms with Crippen molar-refractivity contribution >= 4 is 5.95 Å². The third-order valence-electron chi connectivity index (χ3n) is 2.79. The van der Waals surface area contributed by atoms with Crippen molar-refractivity contribution in [3.05, 3.63) is 12.7 Å². The average molecular weight is 194 g/mol. The quantitative estimate of drug-likeness (QED) is 0.783. The first-order valence-corrected chi connectivity index (χ1v) is 4.73. The van der Waals surface area contributed by atoms with Gasteiger partial charge in [0.15, 0.2) is 0 Å². The van der Waals surface area contributed by atoms with Crippen LogP contribution in [0.1, 0.15) is 34.6 Å². The molecule has 0 aliphatic heterocycles. The molecule has 1 aromatic rings. The normalized spacial score (nSPS) is 12.6. The van der Waals surface area contributed by atoms with Gasteiger partial charge in [0, 0.05) is 5.54 Å². The monoisotopic (exact) mass is 194 g/mol. The number of nitrogens with zero attached hydrogens (tertiary/aromatic N) is 3. The summed E-state index contributed by atoms with van der Waals surface area (Å²) in [5, 5.41) is 3.30. The second kappa shape index (κ2) is 3.52. The Kier molecular flexibility index (Phi) is 2.73. The van der Waals surface area contributed by atoms with Crippen molar-refractivity contribution in [1.82, 2.24) is 15.0 Å². The van der Waals surface area contributed by atoms with Crippen molar-refractivity contribution in [2.75, 3.05) is 5.32 Å². The van der Waals surface area contributed by atoms with Crippen molar-refractivity contribution in [2.45, 2.75) is 40.2 Å². The predicted molar refractivity (Wildman–Crippen MR) is 57.0 cm³/mol. The Morgan fingerprint density at radius 2 is 1.50 bits per heavy atom. The van der Waals surface area contributed by atoms with Gasteiger partial charge in [-0.25, -0.2) is 15.0 Å². The standard InChI is InChI=1S/C10H18N4/c1-9(2,3)10(4,5)14-8-12-6-11-7-13-8/h6-7H,1-5H3,(H,11,12,13,14). The summed E-state index contributed by atoms with van der Waals surface area (Å²) in [6, 6.07) is 0.